The molecule has 0 aliphatic carbocycles. The van der Waals surface area contributed by atoms with Gasteiger partial charge in [0.15, 0.2) is 11.5 Å². The lowest BCUT2D eigenvalue weighted by Gasteiger charge is -2.34. The smallest absolute Gasteiger partial charge is 0.231 e. The molecule has 1 fully saturated rings. The van der Waals surface area contributed by atoms with Crippen LogP contribution in [-0.4, -0.2) is 55.2 Å². The van der Waals surface area contributed by atoms with Gasteiger partial charge in [-0.2, -0.15) is 0 Å². The molecule has 2 aliphatic rings. The zero-order valence-electron chi connectivity index (χ0n) is 16.1. The van der Waals surface area contributed by atoms with Gasteiger partial charge in [-0.3, -0.25) is 9.69 Å². The fraction of sp³-hybridized carbons (Fsp3) is 0.409. The molecule has 2 aromatic carbocycles. The first-order chi connectivity index (χ1) is 13.8. The van der Waals surface area contributed by atoms with Gasteiger partial charge in [0.25, 0.3) is 0 Å². The van der Waals surface area contributed by atoms with E-state index in [4.69, 9.17) is 9.47 Å². The second-order valence-electron chi connectivity index (χ2n) is 7.32. The Labute approximate surface area is 166 Å². The molecule has 148 valence electrons. The largest absolute Gasteiger partial charge is 0.454 e. The molecule has 1 N–H and O–H groups in total. The number of carbonyl (C=O) groups is 1. The van der Waals surface area contributed by atoms with Crippen molar-refractivity contribution < 1.29 is 14.3 Å². The summed E-state index contributed by atoms with van der Waals surface area (Å²) in [4.78, 5) is 17.0. The van der Waals surface area contributed by atoms with Crippen LogP contribution in [-0.2, 0) is 17.9 Å². The van der Waals surface area contributed by atoms with E-state index in [0.717, 1.165) is 56.3 Å². The highest BCUT2D eigenvalue weighted by molar-refractivity contribution is 5.76. The van der Waals surface area contributed by atoms with Gasteiger partial charge in [0.05, 0.1) is 0 Å². The molecule has 0 bridgehead atoms. The van der Waals surface area contributed by atoms with Gasteiger partial charge in [0.1, 0.15) is 0 Å². The van der Waals surface area contributed by atoms with Crippen LogP contribution in [0.15, 0.2) is 48.5 Å². The Morgan fingerprint density at radius 1 is 0.893 bits per heavy atom. The third-order valence-corrected chi connectivity index (χ3v) is 5.30. The van der Waals surface area contributed by atoms with Crippen LogP contribution in [0.5, 0.6) is 11.5 Å². The van der Waals surface area contributed by atoms with Gasteiger partial charge < -0.3 is 19.7 Å². The average molecular weight is 381 g/mol. The molecule has 6 nitrogen and oxygen atoms in total. The van der Waals surface area contributed by atoms with Crippen LogP contribution in [0, 0.1) is 0 Å². The Hall–Kier alpha value is -2.57. The summed E-state index contributed by atoms with van der Waals surface area (Å²) in [5, 5.41) is 3.00. The summed E-state index contributed by atoms with van der Waals surface area (Å²) < 4.78 is 10.7. The highest BCUT2D eigenvalue weighted by atomic mass is 16.7. The monoisotopic (exact) mass is 381 g/mol. The van der Waals surface area contributed by atoms with Crippen LogP contribution < -0.4 is 14.8 Å². The topological polar surface area (TPSA) is 54.0 Å². The summed E-state index contributed by atoms with van der Waals surface area (Å²) in [5.41, 5.74) is 2.38. The number of rotatable bonds is 7. The molecule has 4 rings (SSSR count). The molecule has 1 amide bonds. The van der Waals surface area contributed by atoms with Crippen LogP contribution in [0.4, 0.5) is 0 Å². The van der Waals surface area contributed by atoms with Crippen molar-refractivity contribution in [2.24, 2.45) is 0 Å². The minimum atomic E-state index is 0.0874. The number of ether oxygens (including phenoxy) is 2. The van der Waals surface area contributed by atoms with Crippen molar-refractivity contribution in [2.75, 3.05) is 39.5 Å². The number of piperazine rings is 1. The van der Waals surface area contributed by atoms with Gasteiger partial charge in [-0.15, -0.1) is 0 Å². The fourth-order valence-electron chi connectivity index (χ4n) is 3.61. The molecule has 2 aromatic rings. The van der Waals surface area contributed by atoms with Crippen LogP contribution in [0.25, 0.3) is 0 Å². The average Bonchev–Trinajstić information content (AvgIpc) is 3.20. The molecule has 0 atom stereocenters. The third-order valence-electron chi connectivity index (χ3n) is 5.30. The number of nitrogens with zero attached hydrogens (tertiary/aromatic N) is 2. The van der Waals surface area contributed by atoms with E-state index in [1.54, 1.807) is 0 Å². The molecule has 2 heterocycles. The summed E-state index contributed by atoms with van der Waals surface area (Å²) >= 11 is 0. The van der Waals surface area contributed by atoms with Crippen molar-refractivity contribution in [3.05, 3.63) is 59.7 Å². The Morgan fingerprint density at radius 2 is 1.64 bits per heavy atom. The molecule has 0 spiro atoms. The first-order valence-corrected chi connectivity index (χ1v) is 9.90. The number of fused-ring (bicyclic) bond motifs is 1. The van der Waals surface area contributed by atoms with Gasteiger partial charge in [-0.25, -0.2) is 0 Å². The van der Waals surface area contributed by atoms with E-state index in [-0.39, 0.29) is 12.7 Å². The van der Waals surface area contributed by atoms with E-state index in [2.05, 4.69) is 45.4 Å². The van der Waals surface area contributed by atoms with Gasteiger partial charge in [0.2, 0.25) is 12.7 Å². The van der Waals surface area contributed by atoms with Crippen molar-refractivity contribution in [1.29, 1.82) is 0 Å². The van der Waals surface area contributed by atoms with E-state index in [0.29, 0.717) is 13.0 Å². The van der Waals surface area contributed by atoms with E-state index >= 15 is 0 Å². The third kappa shape index (κ3) is 5.03. The molecule has 28 heavy (non-hydrogen) atoms. The van der Waals surface area contributed by atoms with Gasteiger partial charge in [0, 0.05) is 52.2 Å². The summed E-state index contributed by atoms with van der Waals surface area (Å²) in [7, 11) is 0. The minimum absolute atomic E-state index is 0.0874. The van der Waals surface area contributed by atoms with E-state index in [9.17, 15) is 4.79 Å². The van der Waals surface area contributed by atoms with Crippen molar-refractivity contribution in [2.45, 2.75) is 19.5 Å². The Morgan fingerprint density at radius 3 is 2.46 bits per heavy atom. The number of nitrogens with one attached hydrogen (secondary N) is 1. The first-order valence-electron chi connectivity index (χ1n) is 9.90. The highest BCUT2D eigenvalue weighted by Gasteiger charge is 2.18. The second-order valence-corrected chi connectivity index (χ2v) is 7.32. The molecule has 0 aromatic heterocycles. The quantitative estimate of drug-likeness (QED) is 0.797. The fourth-order valence-corrected chi connectivity index (χ4v) is 3.61. The van der Waals surface area contributed by atoms with E-state index in [1.807, 2.05) is 18.2 Å². The lowest BCUT2D eigenvalue weighted by molar-refractivity contribution is -0.121. The molecule has 0 saturated carbocycles. The summed E-state index contributed by atoms with van der Waals surface area (Å²) in [6.45, 7) is 6.73. The van der Waals surface area contributed by atoms with Crippen molar-refractivity contribution in [3.8, 4) is 11.5 Å². The summed E-state index contributed by atoms with van der Waals surface area (Å²) in [6, 6.07) is 16.4. The predicted molar refractivity (Wildman–Crippen MR) is 107 cm³/mol. The number of amides is 1. The standard InChI is InChI=1S/C22H27N3O3/c26-22(23-15-19-6-7-20-21(14-19)28-17-27-20)8-9-24-10-12-25(13-11-24)16-18-4-2-1-3-5-18/h1-7,14H,8-13,15-17H2,(H,23,26). The van der Waals surface area contributed by atoms with Crippen molar-refractivity contribution >= 4 is 5.91 Å². The van der Waals surface area contributed by atoms with Crippen molar-refractivity contribution in [1.82, 2.24) is 15.1 Å². The zero-order valence-corrected chi connectivity index (χ0v) is 16.1. The van der Waals surface area contributed by atoms with Crippen LogP contribution >= 0.6 is 0 Å². The lowest BCUT2D eigenvalue weighted by Crippen LogP contribution is -2.46. The van der Waals surface area contributed by atoms with Gasteiger partial charge in [-0.05, 0) is 23.3 Å². The summed E-state index contributed by atoms with van der Waals surface area (Å²) in [6.07, 6.45) is 0.531. The molecule has 0 radical (unpaired) electrons. The Balaban J connectivity index is 1.14. The normalized spacial score (nSPS) is 16.9. The molecular weight excluding hydrogens is 354 g/mol. The molecule has 2 aliphatic heterocycles. The van der Waals surface area contributed by atoms with Crippen LogP contribution in [0.1, 0.15) is 17.5 Å². The minimum Gasteiger partial charge on any atom is -0.454 e. The number of benzene rings is 2. The maximum absolute atomic E-state index is 12.2. The molecule has 6 heteroatoms. The summed E-state index contributed by atoms with van der Waals surface area (Å²) in [5.74, 6) is 1.60. The van der Waals surface area contributed by atoms with Crippen LogP contribution in [0.3, 0.4) is 0 Å². The maximum atomic E-state index is 12.2. The first kappa shape index (κ1) is 18.8. The van der Waals surface area contributed by atoms with E-state index in [1.165, 1.54) is 5.56 Å². The highest BCUT2D eigenvalue weighted by Crippen LogP contribution is 2.32. The SMILES string of the molecule is O=C(CCN1CCN(Cc2ccccc2)CC1)NCc1ccc2c(c1)OCO2. The maximum Gasteiger partial charge on any atom is 0.231 e. The Bertz CT molecular complexity index is 789. The second kappa shape index (κ2) is 9.08. The lowest BCUT2D eigenvalue weighted by atomic mass is 10.2. The van der Waals surface area contributed by atoms with Crippen molar-refractivity contribution in [3.63, 3.8) is 0 Å². The van der Waals surface area contributed by atoms with Gasteiger partial charge in [-0.1, -0.05) is 36.4 Å². The number of carbonyl (C=O) groups excluding carboxylic acids is 1. The van der Waals surface area contributed by atoms with E-state index < -0.39 is 0 Å². The predicted octanol–water partition coefficient (Wildman–Crippen LogP) is 2.24. The zero-order chi connectivity index (χ0) is 19.2. The molecule has 0 unspecified atom stereocenters. The van der Waals surface area contributed by atoms with Gasteiger partial charge >= 0.3 is 0 Å². The van der Waals surface area contributed by atoms with Crippen LogP contribution in [0.2, 0.25) is 0 Å². The number of hydrogen-bond donors (Lipinski definition) is 1. The number of hydrogen-bond acceptors (Lipinski definition) is 5. The molecular formula is C22H27N3O3. The molecule has 1 saturated heterocycles. The Kier molecular flexibility index (Phi) is 6.09.